The van der Waals surface area contributed by atoms with E-state index in [2.05, 4.69) is 56.9 Å². The van der Waals surface area contributed by atoms with Crippen LogP contribution < -0.4 is 10.6 Å². The van der Waals surface area contributed by atoms with E-state index in [1.165, 1.54) is 5.56 Å². The minimum absolute atomic E-state index is 0.0226. The molecule has 1 aromatic carbocycles. The molecule has 1 aliphatic heterocycles. The SMILES string of the molecule is O=C1NC(=S)NC12CC1(CC=CC1)c1ccc(Br)cc12. The summed E-state index contributed by atoms with van der Waals surface area (Å²) in [4.78, 5) is 12.5. The summed E-state index contributed by atoms with van der Waals surface area (Å²) in [5.41, 5.74) is 1.69. The third kappa shape index (κ3) is 1.45. The quantitative estimate of drug-likeness (QED) is 0.559. The van der Waals surface area contributed by atoms with Gasteiger partial charge in [0.2, 0.25) is 0 Å². The molecule has 0 radical (unpaired) electrons. The third-order valence-electron chi connectivity index (χ3n) is 4.74. The second kappa shape index (κ2) is 3.92. The molecule has 102 valence electrons. The molecule has 1 aromatic rings. The Morgan fingerprint density at radius 1 is 1.20 bits per heavy atom. The van der Waals surface area contributed by atoms with Crippen LogP contribution in [0.3, 0.4) is 0 Å². The van der Waals surface area contributed by atoms with Crippen LogP contribution in [0.25, 0.3) is 0 Å². The first-order chi connectivity index (χ1) is 9.56. The molecule has 4 rings (SSSR count). The van der Waals surface area contributed by atoms with E-state index in [0.717, 1.165) is 29.3 Å². The summed E-state index contributed by atoms with van der Waals surface area (Å²) < 4.78 is 0.992. The van der Waals surface area contributed by atoms with Crippen molar-refractivity contribution in [1.29, 1.82) is 0 Å². The maximum absolute atomic E-state index is 12.5. The monoisotopic (exact) mass is 348 g/mol. The van der Waals surface area contributed by atoms with Gasteiger partial charge in [0.25, 0.3) is 5.91 Å². The topological polar surface area (TPSA) is 41.1 Å². The fourth-order valence-corrected chi connectivity index (χ4v) is 4.53. The first kappa shape index (κ1) is 12.5. The number of hydrogen-bond donors (Lipinski definition) is 2. The molecule has 1 fully saturated rings. The molecular formula is C15H13BrN2OS. The molecule has 1 unspecified atom stereocenters. The van der Waals surface area contributed by atoms with E-state index in [0.29, 0.717) is 5.11 Å². The number of amides is 1. The van der Waals surface area contributed by atoms with Crippen LogP contribution >= 0.6 is 28.1 Å². The number of halogens is 1. The number of nitrogens with one attached hydrogen (secondary N) is 2. The van der Waals surface area contributed by atoms with Crippen molar-refractivity contribution >= 4 is 39.2 Å². The van der Waals surface area contributed by atoms with Crippen LogP contribution in [-0.4, -0.2) is 11.0 Å². The van der Waals surface area contributed by atoms with Crippen molar-refractivity contribution < 1.29 is 4.79 Å². The van der Waals surface area contributed by atoms with Crippen LogP contribution in [0.1, 0.15) is 30.4 Å². The molecule has 2 aliphatic carbocycles. The minimum atomic E-state index is -0.692. The maximum Gasteiger partial charge on any atom is 0.256 e. The molecule has 3 aliphatic rings. The molecule has 0 saturated carbocycles. The van der Waals surface area contributed by atoms with Crippen molar-refractivity contribution in [3.05, 3.63) is 46.0 Å². The summed E-state index contributed by atoms with van der Waals surface area (Å²) in [6, 6.07) is 6.27. The lowest BCUT2D eigenvalue weighted by Crippen LogP contribution is -2.43. The van der Waals surface area contributed by atoms with Crippen LogP contribution in [0.5, 0.6) is 0 Å². The highest BCUT2D eigenvalue weighted by molar-refractivity contribution is 9.10. The largest absolute Gasteiger partial charge is 0.344 e. The normalized spacial score (nSPS) is 29.1. The molecule has 1 atom stereocenters. The summed E-state index contributed by atoms with van der Waals surface area (Å²) in [5, 5.41) is 6.43. The Morgan fingerprint density at radius 2 is 1.95 bits per heavy atom. The Balaban J connectivity index is 1.95. The highest BCUT2D eigenvalue weighted by atomic mass is 79.9. The maximum atomic E-state index is 12.5. The Bertz CT molecular complexity index is 676. The molecule has 1 saturated heterocycles. The fourth-order valence-electron chi connectivity index (χ4n) is 3.90. The average Bonchev–Trinajstić information content (AvgIpc) is 3.03. The smallest absolute Gasteiger partial charge is 0.256 e. The first-order valence-corrected chi connectivity index (χ1v) is 7.85. The molecule has 1 amide bonds. The van der Waals surface area contributed by atoms with Crippen molar-refractivity contribution in [2.45, 2.75) is 30.2 Å². The van der Waals surface area contributed by atoms with E-state index in [4.69, 9.17) is 12.2 Å². The van der Waals surface area contributed by atoms with Gasteiger partial charge in [-0.1, -0.05) is 34.1 Å². The van der Waals surface area contributed by atoms with Gasteiger partial charge in [-0.05, 0) is 54.7 Å². The van der Waals surface area contributed by atoms with Crippen molar-refractivity contribution in [1.82, 2.24) is 10.6 Å². The number of allylic oxidation sites excluding steroid dienone is 2. The first-order valence-electron chi connectivity index (χ1n) is 6.65. The zero-order chi connectivity index (χ0) is 14.0. The van der Waals surface area contributed by atoms with E-state index in [1.54, 1.807) is 0 Å². The molecule has 2 spiro atoms. The molecule has 0 bridgehead atoms. The fraction of sp³-hybridized carbons (Fsp3) is 0.333. The second-order valence-corrected chi connectivity index (χ2v) is 7.16. The molecular weight excluding hydrogens is 336 g/mol. The Morgan fingerprint density at radius 3 is 2.60 bits per heavy atom. The Kier molecular flexibility index (Phi) is 2.46. The summed E-state index contributed by atoms with van der Waals surface area (Å²) in [5.74, 6) is -0.0226. The summed E-state index contributed by atoms with van der Waals surface area (Å²) in [6.45, 7) is 0. The Hall–Kier alpha value is -1.20. The lowest BCUT2D eigenvalue weighted by molar-refractivity contribution is -0.124. The zero-order valence-corrected chi connectivity index (χ0v) is 13.1. The Labute approximate surface area is 130 Å². The van der Waals surface area contributed by atoms with Crippen molar-refractivity contribution in [2.75, 3.05) is 0 Å². The lowest BCUT2D eigenvalue weighted by atomic mass is 9.78. The molecule has 1 heterocycles. The second-order valence-electron chi connectivity index (χ2n) is 5.84. The standard InChI is InChI=1S/C15H13BrN2OS/c16-9-3-4-10-11(7-9)15(12(19)17-13(20)18-15)8-14(10)5-1-2-6-14/h1-4,7H,5-6,8H2,(H2,17,18,19,20). The van der Waals surface area contributed by atoms with Crippen molar-refractivity contribution in [3.63, 3.8) is 0 Å². The highest BCUT2D eigenvalue weighted by Crippen LogP contribution is 2.55. The van der Waals surface area contributed by atoms with Gasteiger partial charge in [-0.2, -0.15) is 0 Å². The van der Waals surface area contributed by atoms with Gasteiger partial charge in [0, 0.05) is 9.89 Å². The van der Waals surface area contributed by atoms with Crippen molar-refractivity contribution in [2.24, 2.45) is 0 Å². The van der Waals surface area contributed by atoms with E-state index in [1.807, 2.05) is 0 Å². The van der Waals surface area contributed by atoms with Gasteiger partial charge in [-0.15, -0.1) is 0 Å². The molecule has 2 N–H and O–H groups in total. The summed E-state index contributed by atoms with van der Waals surface area (Å²) in [6.07, 6.45) is 7.19. The highest BCUT2D eigenvalue weighted by Gasteiger charge is 2.58. The number of hydrogen-bond acceptors (Lipinski definition) is 2. The number of fused-ring (bicyclic) bond motifs is 3. The van der Waals surface area contributed by atoms with Crippen LogP contribution in [0.4, 0.5) is 0 Å². The predicted molar refractivity (Wildman–Crippen MR) is 84.4 cm³/mol. The number of benzene rings is 1. The summed E-state index contributed by atoms with van der Waals surface area (Å²) in [7, 11) is 0. The van der Waals surface area contributed by atoms with Gasteiger partial charge in [0.05, 0.1) is 0 Å². The number of carbonyl (C=O) groups is 1. The third-order valence-corrected chi connectivity index (χ3v) is 5.44. The molecule has 5 heteroatoms. The van der Waals surface area contributed by atoms with Gasteiger partial charge in [0.1, 0.15) is 5.54 Å². The number of rotatable bonds is 0. The van der Waals surface area contributed by atoms with Gasteiger partial charge in [0.15, 0.2) is 5.11 Å². The van der Waals surface area contributed by atoms with Crippen LogP contribution in [0, 0.1) is 0 Å². The van der Waals surface area contributed by atoms with E-state index >= 15 is 0 Å². The van der Waals surface area contributed by atoms with Crippen molar-refractivity contribution in [3.8, 4) is 0 Å². The van der Waals surface area contributed by atoms with Gasteiger partial charge >= 0.3 is 0 Å². The predicted octanol–water partition coefficient (Wildman–Crippen LogP) is 2.64. The van der Waals surface area contributed by atoms with E-state index in [9.17, 15) is 4.79 Å². The lowest BCUT2D eigenvalue weighted by Gasteiger charge is -2.27. The molecule has 0 aromatic heterocycles. The van der Waals surface area contributed by atoms with Crippen LogP contribution in [0.15, 0.2) is 34.8 Å². The van der Waals surface area contributed by atoms with Gasteiger partial charge in [-0.3, -0.25) is 4.79 Å². The zero-order valence-electron chi connectivity index (χ0n) is 10.7. The van der Waals surface area contributed by atoms with Gasteiger partial charge < -0.3 is 10.6 Å². The number of thiocarbonyl (C=S) groups is 1. The van der Waals surface area contributed by atoms with Crippen LogP contribution in [-0.2, 0) is 15.7 Å². The number of carbonyl (C=O) groups excluding carboxylic acids is 1. The average molecular weight is 349 g/mol. The molecule has 20 heavy (non-hydrogen) atoms. The van der Waals surface area contributed by atoms with Gasteiger partial charge in [-0.25, -0.2) is 0 Å². The minimum Gasteiger partial charge on any atom is -0.344 e. The molecule has 3 nitrogen and oxygen atoms in total. The van der Waals surface area contributed by atoms with Crippen LogP contribution in [0.2, 0.25) is 0 Å². The van der Waals surface area contributed by atoms with E-state index in [-0.39, 0.29) is 11.3 Å². The summed E-state index contributed by atoms with van der Waals surface area (Å²) >= 11 is 8.68. The van der Waals surface area contributed by atoms with E-state index < -0.39 is 5.54 Å².